The van der Waals surface area contributed by atoms with E-state index < -0.39 is 12.5 Å². The average molecular weight is 260 g/mol. The van der Waals surface area contributed by atoms with Crippen LogP contribution in [0.5, 0.6) is 5.75 Å². The van der Waals surface area contributed by atoms with Gasteiger partial charge < -0.3 is 15.2 Å². The first kappa shape index (κ1) is 10.4. The Morgan fingerprint density at radius 2 is 2.26 bits per heavy atom. The van der Waals surface area contributed by atoms with Gasteiger partial charge in [0.05, 0.1) is 21.6 Å². The van der Waals surface area contributed by atoms with Gasteiger partial charge >= 0.3 is 5.97 Å². The second kappa shape index (κ2) is 5.86. The Morgan fingerprint density at radius 3 is 3.00 bits per heavy atom. The number of carbonyl (C=O) groups excluding carboxylic acids is 1. The molecule has 0 saturated carbocycles. The maximum atomic E-state index is 11.4. The fraction of sp³-hybridized carbons (Fsp3) is 0.143. The highest BCUT2D eigenvalue weighted by Gasteiger charge is 2.07. The second-order valence-corrected chi connectivity index (χ2v) is 3.73. The molecular weight excluding hydrogens is 244 g/mol. The number of anilines is 1. The van der Waals surface area contributed by atoms with Gasteiger partial charge in [-0.3, -0.25) is 4.98 Å². The number of hydrogen-bond donors (Lipinski definition) is 1. The highest BCUT2D eigenvalue weighted by molar-refractivity contribution is 5.89. The van der Waals surface area contributed by atoms with E-state index in [1.807, 2.05) is 0 Å². The lowest BCUT2D eigenvalue weighted by atomic mass is 10.2. The summed E-state index contributed by atoms with van der Waals surface area (Å²) in [4.78, 5) is 15.2. The zero-order valence-electron chi connectivity index (χ0n) is 12.3. The van der Waals surface area contributed by atoms with Gasteiger partial charge in [0.15, 0.2) is 0 Å². The Labute approximate surface area is 113 Å². The largest absolute Gasteiger partial charge is 0.487 e. The molecule has 0 saturated heterocycles. The smallest absolute Gasteiger partial charge is 0.339 e. The molecule has 5 heteroatoms. The van der Waals surface area contributed by atoms with Gasteiger partial charge in [-0.1, -0.05) is 12.1 Å². The zero-order valence-corrected chi connectivity index (χ0v) is 10.3. The van der Waals surface area contributed by atoms with Crippen LogP contribution in [0.4, 0.5) is 5.69 Å². The van der Waals surface area contributed by atoms with Crippen molar-refractivity contribution in [2.75, 3.05) is 12.8 Å². The van der Waals surface area contributed by atoms with E-state index in [0.717, 1.165) is 0 Å². The molecule has 0 amide bonds. The van der Waals surface area contributed by atoms with Crippen molar-refractivity contribution in [2.24, 2.45) is 0 Å². The Hall–Kier alpha value is -2.56. The summed E-state index contributed by atoms with van der Waals surface area (Å²) in [5.41, 5.74) is 6.52. The maximum Gasteiger partial charge on any atom is 0.339 e. The van der Waals surface area contributed by atoms with Crippen molar-refractivity contribution in [1.29, 1.82) is 0 Å². The minimum Gasteiger partial charge on any atom is -0.487 e. The summed E-state index contributed by atoms with van der Waals surface area (Å²) in [6, 6.07) is 7.70. The molecular formula is C14H14N2O3. The molecule has 0 unspecified atom stereocenters. The van der Waals surface area contributed by atoms with Gasteiger partial charge in [0.1, 0.15) is 12.3 Å². The molecule has 0 spiro atoms. The van der Waals surface area contributed by atoms with Gasteiger partial charge in [0.2, 0.25) is 0 Å². The van der Waals surface area contributed by atoms with Crippen LogP contribution in [-0.4, -0.2) is 18.1 Å². The van der Waals surface area contributed by atoms with E-state index in [0.29, 0.717) is 5.69 Å². The molecule has 0 aliphatic rings. The topological polar surface area (TPSA) is 74.4 Å². The summed E-state index contributed by atoms with van der Waals surface area (Å²) in [5, 5.41) is 0. The Morgan fingerprint density at radius 1 is 1.42 bits per heavy atom. The first-order valence-electron chi connectivity index (χ1n) is 6.51. The van der Waals surface area contributed by atoms with Crippen molar-refractivity contribution in [3.05, 3.63) is 53.9 Å². The van der Waals surface area contributed by atoms with Crippen molar-refractivity contribution >= 4 is 11.7 Å². The SMILES string of the molecule is [2H]C([2H])(Oc1cncc(C(=O)OC)c1)c1cccc(N)c1. The predicted molar refractivity (Wildman–Crippen MR) is 70.8 cm³/mol. The number of nitrogens with zero attached hydrogens (tertiary/aromatic N) is 1. The van der Waals surface area contributed by atoms with E-state index in [-0.39, 0.29) is 16.9 Å². The molecule has 19 heavy (non-hydrogen) atoms. The van der Waals surface area contributed by atoms with E-state index in [9.17, 15) is 4.79 Å². The third kappa shape index (κ3) is 3.45. The Balaban J connectivity index is 2.26. The van der Waals surface area contributed by atoms with Crippen molar-refractivity contribution in [3.63, 3.8) is 0 Å². The van der Waals surface area contributed by atoms with E-state index in [1.54, 1.807) is 18.2 Å². The lowest BCUT2D eigenvalue weighted by Crippen LogP contribution is -2.03. The van der Waals surface area contributed by atoms with Crippen molar-refractivity contribution in [1.82, 2.24) is 4.98 Å². The normalized spacial score (nSPS) is 12.3. The average Bonchev–Trinajstić information content (AvgIpc) is 2.46. The van der Waals surface area contributed by atoms with Gasteiger partial charge in [-0.05, 0) is 23.8 Å². The summed E-state index contributed by atoms with van der Waals surface area (Å²) in [5.74, 6) is -0.456. The van der Waals surface area contributed by atoms with Gasteiger partial charge in [0, 0.05) is 11.9 Å². The van der Waals surface area contributed by atoms with Crippen LogP contribution >= 0.6 is 0 Å². The van der Waals surface area contributed by atoms with Crippen LogP contribution in [-0.2, 0) is 11.3 Å². The molecule has 2 aromatic rings. The summed E-state index contributed by atoms with van der Waals surface area (Å²) < 4.78 is 25.8. The number of benzene rings is 1. The van der Waals surface area contributed by atoms with Crippen molar-refractivity contribution in [2.45, 2.75) is 6.56 Å². The summed E-state index contributed by atoms with van der Waals surface area (Å²) in [6.07, 6.45) is 2.63. The number of pyridine rings is 1. The van der Waals surface area contributed by atoms with Crippen molar-refractivity contribution in [3.8, 4) is 5.75 Å². The number of methoxy groups -OCH3 is 1. The van der Waals surface area contributed by atoms with Gasteiger partial charge in [-0.2, -0.15) is 0 Å². The van der Waals surface area contributed by atoms with Crippen LogP contribution in [0.25, 0.3) is 0 Å². The monoisotopic (exact) mass is 260 g/mol. The number of nitrogens with two attached hydrogens (primary N) is 1. The second-order valence-electron chi connectivity index (χ2n) is 3.73. The van der Waals surface area contributed by atoms with Crippen LogP contribution in [0.15, 0.2) is 42.7 Å². The molecule has 98 valence electrons. The first-order valence-corrected chi connectivity index (χ1v) is 5.51. The fourth-order valence-electron chi connectivity index (χ4n) is 1.42. The van der Waals surface area contributed by atoms with Crippen LogP contribution in [0.2, 0.25) is 0 Å². The van der Waals surface area contributed by atoms with Crippen LogP contribution in [0, 0.1) is 0 Å². The molecule has 2 rings (SSSR count). The molecule has 0 radical (unpaired) electrons. The summed E-state index contributed by atoms with van der Waals surface area (Å²) >= 11 is 0. The van der Waals surface area contributed by atoms with Gasteiger partial charge in [-0.15, -0.1) is 0 Å². The molecule has 1 aromatic heterocycles. The van der Waals surface area contributed by atoms with Crippen molar-refractivity contribution < 1.29 is 17.0 Å². The molecule has 5 nitrogen and oxygen atoms in total. The number of hydrogen-bond acceptors (Lipinski definition) is 5. The summed E-state index contributed by atoms with van der Waals surface area (Å²) in [6.45, 7) is -2.11. The summed E-state index contributed by atoms with van der Waals surface area (Å²) in [7, 11) is 1.25. The standard InChI is InChI=1S/C14H14N2O3/c1-18-14(17)11-6-13(8-16-7-11)19-9-10-3-2-4-12(15)5-10/h2-8H,9,15H2,1H3/i9D2. The van der Waals surface area contributed by atoms with E-state index >= 15 is 0 Å². The fourth-order valence-corrected chi connectivity index (χ4v) is 1.42. The zero-order chi connectivity index (χ0) is 15.5. The maximum absolute atomic E-state index is 11.4. The third-order valence-corrected chi connectivity index (χ3v) is 2.31. The number of esters is 1. The Bertz CT molecular complexity index is 662. The number of rotatable bonds is 4. The van der Waals surface area contributed by atoms with E-state index in [1.165, 1.54) is 31.6 Å². The molecule has 2 N–H and O–H groups in total. The highest BCUT2D eigenvalue weighted by Crippen LogP contribution is 2.15. The molecule has 0 atom stereocenters. The first-order chi connectivity index (χ1) is 9.92. The van der Waals surface area contributed by atoms with Crippen LogP contribution in [0.1, 0.15) is 18.7 Å². The lowest BCUT2D eigenvalue weighted by molar-refractivity contribution is 0.0599. The third-order valence-electron chi connectivity index (χ3n) is 2.31. The highest BCUT2D eigenvalue weighted by atomic mass is 16.5. The van der Waals surface area contributed by atoms with Gasteiger partial charge in [0.25, 0.3) is 0 Å². The minimum absolute atomic E-state index is 0.116. The number of aromatic nitrogens is 1. The number of nitrogen functional groups attached to an aromatic ring is 1. The molecule has 0 fully saturated rings. The van der Waals surface area contributed by atoms with Gasteiger partial charge in [-0.25, -0.2) is 4.79 Å². The van der Waals surface area contributed by atoms with E-state index in [2.05, 4.69) is 9.72 Å². The quantitative estimate of drug-likeness (QED) is 0.672. The number of carbonyl (C=O) groups is 1. The molecule has 0 bridgehead atoms. The molecule has 1 heterocycles. The Kier molecular flexibility index (Phi) is 3.20. The van der Waals surface area contributed by atoms with Crippen LogP contribution in [0.3, 0.4) is 0 Å². The lowest BCUT2D eigenvalue weighted by Gasteiger charge is -2.07. The van der Waals surface area contributed by atoms with Crippen LogP contribution < -0.4 is 10.5 Å². The minimum atomic E-state index is -2.11. The number of ether oxygens (including phenoxy) is 2. The van der Waals surface area contributed by atoms with E-state index in [4.69, 9.17) is 13.2 Å². The molecule has 0 aliphatic heterocycles. The predicted octanol–water partition coefficient (Wildman–Crippen LogP) is 2.03. The molecule has 0 aliphatic carbocycles. The molecule has 1 aromatic carbocycles.